The molecule has 0 aromatic heterocycles. The molecule has 0 aliphatic rings. The van der Waals surface area contributed by atoms with Gasteiger partial charge in [-0.05, 0) is 37.1 Å². The molecule has 3 nitrogen and oxygen atoms in total. The van der Waals surface area contributed by atoms with E-state index < -0.39 is 6.10 Å². The zero-order valence-electron chi connectivity index (χ0n) is 12.6. The first-order chi connectivity index (χ1) is 10.2. The Morgan fingerprint density at radius 3 is 2.48 bits per heavy atom. The third kappa shape index (κ3) is 4.59. The van der Waals surface area contributed by atoms with Gasteiger partial charge in [-0.15, -0.1) is 0 Å². The molecule has 0 radical (unpaired) electrons. The second-order valence-corrected chi connectivity index (χ2v) is 5.06. The number of aliphatic hydroxyl groups excluding tert-OH is 1. The first-order valence-corrected chi connectivity index (χ1v) is 7.40. The van der Waals surface area contributed by atoms with Gasteiger partial charge in [-0.25, -0.2) is 0 Å². The number of ether oxygens (including phenoxy) is 1. The van der Waals surface area contributed by atoms with E-state index in [1.807, 2.05) is 55.5 Å². The Kier molecular flexibility index (Phi) is 5.78. The Morgan fingerprint density at radius 1 is 1.05 bits per heavy atom. The maximum atomic E-state index is 10.2. The second kappa shape index (κ2) is 7.81. The van der Waals surface area contributed by atoms with Crippen LogP contribution in [0.5, 0.6) is 5.75 Å². The topological polar surface area (TPSA) is 41.5 Å². The van der Waals surface area contributed by atoms with E-state index in [9.17, 15) is 5.11 Å². The van der Waals surface area contributed by atoms with Crippen molar-refractivity contribution in [3.63, 3.8) is 0 Å². The Labute approximate surface area is 126 Å². The van der Waals surface area contributed by atoms with Crippen LogP contribution in [0.4, 0.5) is 0 Å². The molecule has 0 bridgehead atoms. The zero-order chi connectivity index (χ0) is 15.1. The van der Waals surface area contributed by atoms with E-state index in [4.69, 9.17) is 4.74 Å². The van der Waals surface area contributed by atoms with Crippen molar-refractivity contribution in [1.29, 1.82) is 0 Å². The fourth-order valence-corrected chi connectivity index (χ4v) is 2.24. The molecule has 2 N–H and O–H groups in total. The van der Waals surface area contributed by atoms with Gasteiger partial charge in [-0.2, -0.15) is 0 Å². The summed E-state index contributed by atoms with van der Waals surface area (Å²) in [7, 11) is 0. The number of benzene rings is 2. The highest BCUT2D eigenvalue weighted by Crippen LogP contribution is 2.20. The highest BCUT2D eigenvalue weighted by atomic mass is 16.5. The number of aliphatic hydroxyl groups is 1. The van der Waals surface area contributed by atoms with E-state index in [0.29, 0.717) is 13.2 Å². The molecule has 2 atom stereocenters. The molecule has 2 aromatic rings. The van der Waals surface area contributed by atoms with Crippen LogP contribution in [0.2, 0.25) is 0 Å². The van der Waals surface area contributed by atoms with E-state index >= 15 is 0 Å². The van der Waals surface area contributed by atoms with Crippen LogP contribution in [0.15, 0.2) is 54.6 Å². The van der Waals surface area contributed by atoms with Gasteiger partial charge in [0.2, 0.25) is 0 Å². The van der Waals surface area contributed by atoms with Crippen molar-refractivity contribution in [2.24, 2.45) is 0 Å². The largest absolute Gasteiger partial charge is 0.494 e. The van der Waals surface area contributed by atoms with Crippen molar-refractivity contribution < 1.29 is 9.84 Å². The Balaban J connectivity index is 1.92. The molecule has 0 aliphatic carbocycles. The lowest BCUT2D eigenvalue weighted by Gasteiger charge is -2.18. The molecule has 0 aliphatic heterocycles. The van der Waals surface area contributed by atoms with E-state index in [0.717, 1.165) is 16.9 Å². The number of rotatable bonds is 7. The van der Waals surface area contributed by atoms with Gasteiger partial charge in [0.05, 0.1) is 12.7 Å². The monoisotopic (exact) mass is 285 g/mol. The first-order valence-electron chi connectivity index (χ1n) is 7.40. The van der Waals surface area contributed by atoms with Crippen LogP contribution in [-0.4, -0.2) is 18.3 Å². The molecule has 0 fully saturated rings. The number of nitrogens with one attached hydrogen (secondary N) is 1. The normalized spacial score (nSPS) is 13.7. The molecule has 0 amide bonds. The van der Waals surface area contributed by atoms with Crippen molar-refractivity contribution in [2.75, 3.05) is 13.2 Å². The predicted molar refractivity (Wildman–Crippen MR) is 85.4 cm³/mol. The molecular formula is C18H23NO2. The Bertz CT molecular complexity index is 542. The SMILES string of the molecule is CCOc1cccc(C(C)NCC(O)c2ccccc2)c1. The van der Waals surface area contributed by atoms with Crippen LogP contribution >= 0.6 is 0 Å². The summed E-state index contributed by atoms with van der Waals surface area (Å²) in [5.41, 5.74) is 2.08. The van der Waals surface area contributed by atoms with Crippen LogP contribution < -0.4 is 10.1 Å². The average molecular weight is 285 g/mol. The van der Waals surface area contributed by atoms with Gasteiger partial charge in [-0.3, -0.25) is 0 Å². The summed E-state index contributed by atoms with van der Waals surface area (Å²) >= 11 is 0. The molecule has 3 heteroatoms. The summed E-state index contributed by atoms with van der Waals surface area (Å²) in [6.45, 7) is 5.25. The summed E-state index contributed by atoms with van der Waals surface area (Å²) in [4.78, 5) is 0. The molecule has 0 heterocycles. The summed E-state index contributed by atoms with van der Waals surface area (Å²) in [5.74, 6) is 0.882. The highest BCUT2D eigenvalue weighted by Gasteiger charge is 2.10. The van der Waals surface area contributed by atoms with Crippen LogP contribution in [0.25, 0.3) is 0 Å². The molecule has 2 unspecified atom stereocenters. The fourth-order valence-electron chi connectivity index (χ4n) is 2.24. The van der Waals surface area contributed by atoms with E-state index in [-0.39, 0.29) is 6.04 Å². The smallest absolute Gasteiger partial charge is 0.119 e. The standard InChI is InChI=1S/C18H23NO2/c1-3-21-17-11-7-10-16(12-17)14(2)19-13-18(20)15-8-5-4-6-9-15/h4-12,14,18-20H,3,13H2,1-2H3. The van der Waals surface area contributed by atoms with Gasteiger partial charge >= 0.3 is 0 Å². The van der Waals surface area contributed by atoms with Gasteiger partial charge in [0, 0.05) is 12.6 Å². The minimum absolute atomic E-state index is 0.156. The highest BCUT2D eigenvalue weighted by molar-refractivity contribution is 5.30. The van der Waals surface area contributed by atoms with Crippen molar-refractivity contribution >= 4 is 0 Å². The Hall–Kier alpha value is -1.84. The first kappa shape index (κ1) is 15.5. The van der Waals surface area contributed by atoms with E-state index in [1.165, 1.54) is 0 Å². The third-order valence-electron chi connectivity index (χ3n) is 3.47. The van der Waals surface area contributed by atoms with Crippen molar-refractivity contribution in [2.45, 2.75) is 26.0 Å². The number of hydrogen-bond acceptors (Lipinski definition) is 3. The summed E-state index contributed by atoms with van der Waals surface area (Å²) in [5, 5.41) is 13.5. The van der Waals surface area contributed by atoms with Crippen LogP contribution in [-0.2, 0) is 0 Å². The summed E-state index contributed by atoms with van der Waals surface area (Å²) in [6, 6.07) is 17.9. The quantitative estimate of drug-likeness (QED) is 0.818. The molecule has 0 saturated heterocycles. The maximum absolute atomic E-state index is 10.2. The van der Waals surface area contributed by atoms with Crippen LogP contribution in [0.1, 0.15) is 37.1 Å². The summed E-state index contributed by atoms with van der Waals surface area (Å²) < 4.78 is 5.51. The lowest BCUT2D eigenvalue weighted by atomic mass is 10.1. The fraction of sp³-hybridized carbons (Fsp3) is 0.333. The Morgan fingerprint density at radius 2 is 1.76 bits per heavy atom. The average Bonchev–Trinajstić information content (AvgIpc) is 2.53. The minimum Gasteiger partial charge on any atom is -0.494 e. The van der Waals surface area contributed by atoms with Gasteiger partial charge in [0.1, 0.15) is 5.75 Å². The minimum atomic E-state index is -0.497. The lowest BCUT2D eigenvalue weighted by molar-refractivity contribution is 0.171. The molecular weight excluding hydrogens is 262 g/mol. The van der Waals surface area contributed by atoms with Crippen molar-refractivity contribution in [3.8, 4) is 5.75 Å². The predicted octanol–water partition coefficient (Wildman–Crippen LogP) is 3.47. The van der Waals surface area contributed by atoms with Gasteiger partial charge < -0.3 is 15.2 Å². The maximum Gasteiger partial charge on any atom is 0.119 e. The molecule has 2 aromatic carbocycles. The van der Waals surface area contributed by atoms with Crippen LogP contribution in [0, 0.1) is 0 Å². The molecule has 0 saturated carbocycles. The molecule has 0 spiro atoms. The van der Waals surface area contributed by atoms with Crippen molar-refractivity contribution in [3.05, 3.63) is 65.7 Å². The van der Waals surface area contributed by atoms with Gasteiger partial charge in [-0.1, -0.05) is 42.5 Å². The van der Waals surface area contributed by atoms with Gasteiger partial charge in [0.25, 0.3) is 0 Å². The lowest BCUT2D eigenvalue weighted by Crippen LogP contribution is -2.24. The van der Waals surface area contributed by atoms with E-state index in [2.05, 4.69) is 18.3 Å². The van der Waals surface area contributed by atoms with Crippen LogP contribution in [0.3, 0.4) is 0 Å². The van der Waals surface area contributed by atoms with Gasteiger partial charge in [0.15, 0.2) is 0 Å². The zero-order valence-corrected chi connectivity index (χ0v) is 12.6. The van der Waals surface area contributed by atoms with Crippen molar-refractivity contribution in [1.82, 2.24) is 5.32 Å². The second-order valence-electron chi connectivity index (χ2n) is 5.06. The van der Waals surface area contributed by atoms with E-state index in [1.54, 1.807) is 0 Å². The number of hydrogen-bond donors (Lipinski definition) is 2. The third-order valence-corrected chi connectivity index (χ3v) is 3.47. The molecule has 21 heavy (non-hydrogen) atoms. The summed E-state index contributed by atoms with van der Waals surface area (Å²) in [6.07, 6.45) is -0.497. The molecule has 112 valence electrons. The molecule has 2 rings (SSSR count).